The van der Waals surface area contributed by atoms with Crippen LogP contribution in [0.3, 0.4) is 0 Å². The molecule has 1 aromatic heterocycles. The third kappa shape index (κ3) is 3.53. The Hall–Kier alpha value is 0.0900. The van der Waals surface area contributed by atoms with Crippen molar-refractivity contribution in [3.63, 3.8) is 0 Å². The van der Waals surface area contributed by atoms with Gasteiger partial charge in [0.1, 0.15) is 0 Å². The third-order valence-corrected chi connectivity index (χ3v) is 5.40. The number of carbonyl (C=O) groups is 1. The normalized spacial score (nSPS) is 10.5. The molecule has 0 aliphatic heterocycles. The lowest BCUT2D eigenvalue weighted by molar-refractivity contribution is 0.0994. The molecule has 5 heteroatoms. The second kappa shape index (κ2) is 5.82. The van der Waals surface area contributed by atoms with Crippen LogP contribution in [0, 0.1) is 3.57 Å². The van der Waals surface area contributed by atoms with Crippen molar-refractivity contribution in [1.29, 1.82) is 0 Å². The lowest BCUT2D eigenvalue weighted by Crippen LogP contribution is -2.02. The van der Waals surface area contributed by atoms with Gasteiger partial charge in [-0.3, -0.25) is 4.79 Å². The molecule has 0 radical (unpaired) electrons. The molecule has 88 valence electrons. The Balaban J connectivity index is 2.17. The topological polar surface area (TPSA) is 17.1 Å². The first kappa shape index (κ1) is 13.5. The van der Waals surface area contributed by atoms with Crippen LogP contribution in [0.5, 0.6) is 0 Å². The minimum Gasteiger partial charge on any atom is -0.294 e. The fourth-order valence-corrected chi connectivity index (χ4v) is 3.37. The van der Waals surface area contributed by atoms with Crippen LogP contribution in [0.15, 0.2) is 34.1 Å². The molecule has 0 spiro atoms. The Morgan fingerprint density at radius 3 is 2.71 bits per heavy atom. The largest absolute Gasteiger partial charge is 0.294 e. The van der Waals surface area contributed by atoms with Crippen LogP contribution in [0.25, 0.3) is 0 Å². The predicted molar refractivity (Wildman–Crippen MR) is 84.2 cm³/mol. The van der Waals surface area contributed by atoms with Gasteiger partial charge in [0.2, 0.25) is 0 Å². The summed E-state index contributed by atoms with van der Waals surface area (Å²) in [5.41, 5.74) is 0.667. The first-order valence-electron chi connectivity index (χ1n) is 4.79. The zero-order chi connectivity index (χ0) is 12.4. The van der Waals surface area contributed by atoms with Crippen molar-refractivity contribution in [1.82, 2.24) is 0 Å². The molecule has 0 N–H and O–H groups in total. The van der Waals surface area contributed by atoms with Crippen molar-refractivity contribution in [2.45, 2.75) is 6.42 Å². The maximum Gasteiger partial charge on any atom is 0.168 e. The molecule has 0 saturated carbocycles. The van der Waals surface area contributed by atoms with Crippen LogP contribution < -0.4 is 0 Å². The second-order valence-electron chi connectivity index (χ2n) is 3.43. The number of halogens is 3. The van der Waals surface area contributed by atoms with Crippen molar-refractivity contribution >= 4 is 67.2 Å². The van der Waals surface area contributed by atoms with Crippen LogP contribution in [0.1, 0.15) is 15.2 Å². The van der Waals surface area contributed by atoms with Crippen molar-refractivity contribution in [3.05, 3.63) is 53.2 Å². The van der Waals surface area contributed by atoms with Crippen molar-refractivity contribution in [2.24, 2.45) is 0 Å². The van der Waals surface area contributed by atoms with Gasteiger partial charge < -0.3 is 0 Å². The molecular formula is C12H7BrClIOS. The van der Waals surface area contributed by atoms with Gasteiger partial charge in [-0.2, -0.15) is 0 Å². The minimum absolute atomic E-state index is 0.0950. The lowest BCUT2D eigenvalue weighted by atomic mass is 10.1. The summed E-state index contributed by atoms with van der Waals surface area (Å²) in [6.07, 6.45) is 0.424. The lowest BCUT2D eigenvalue weighted by Gasteiger charge is -2.01. The summed E-state index contributed by atoms with van der Waals surface area (Å²) in [7, 11) is 0. The van der Waals surface area contributed by atoms with Crippen LogP contribution in [-0.2, 0) is 6.42 Å². The highest BCUT2D eigenvalue weighted by atomic mass is 127. The quantitative estimate of drug-likeness (QED) is 0.473. The van der Waals surface area contributed by atoms with Gasteiger partial charge in [0.25, 0.3) is 0 Å². The van der Waals surface area contributed by atoms with E-state index in [1.54, 1.807) is 17.4 Å². The van der Waals surface area contributed by atoms with E-state index in [1.807, 2.05) is 24.3 Å². The van der Waals surface area contributed by atoms with Crippen LogP contribution in [0.2, 0.25) is 5.02 Å². The number of Topliss-reactive ketones (excluding diaryl/α,β-unsaturated/α-hetero) is 1. The first-order chi connectivity index (χ1) is 8.06. The standard InChI is InChI=1S/C12H7BrClIOS/c13-12-4-2-8(17-12)6-11(16)7-1-3-10(15)9(14)5-7/h1-5H,6H2. The first-order valence-corrected chi connectivity index (χ1v) is 7.85. The smallest absolute Gasteiger partial charge is 0.168 e. The van der Waals surface area contributed by atoms with Gasteiger partial charge in [0.05, 0.1) is 8.81 Å². The highest BCUT2D eigenvalue weighted by molar-refractivity contribution is 14.1. The van der Waals surface area contributed by atoms with E-state index in [4.69, 9.17) is 11.6 Å². The zero-order valence-corrected chi connectivity index (χ0v) is 13.9. The summed E-state index contributed by atoms with van der Waals surface area (Å²) in [5, 5.41) is 0.629. The van der Waals surface area contributed by atoms with E-state index < -0.39 is 0 Å². The second-order valence-corrected chi connectivity index (χ2v) is 7.55. The molecule has 0 bridgehead atoms. The molecule has 2 rings (SSSR count). The molecule has 0 aliphatic rings. The molecule has 0 aliphatic carbocycles. The average molecular weight is 442 g/mol. The number of hydrogen-bond donors (Lipinski definition) is 0. The summed E-state index contributed by atoms with van der Waals surface area (Å²) >= 11 is 13.1. The summed E-state index contributed by atoms with van der Waals surface area (Å²) < 4.78 is 2.00. The number of hydrogen-bond acceptors (Lipinski definition) is 2. The van der Waals surface area contributed by atoms with E-state index in [0.717, 1.165) is 12.2 Å². The van der Waals surface area contributed by atoms with Crippen molar-refractivity contribution < 1.29 is 4.79 Å². The molecule has 0 unspecified atom stereocenters. The molecule has 0 saturated heterocycles. The Bertz CT molecular complexity index is 567. The van der Waals surface area contributed by atoms with Gasteiger partial charge in [-0.05, 0) is 62.8 Å². The highest BCUT2D eigenvalue weighted by Gasteiger charge is 2.10. The molecule has 17 heavy (non-hydrogen) atoms. The van der Waals surface area contributed by atoms with Gasteiger partial charge in [-0.25, -0.2) is 0 Å². The molecule has 2 aromatic rings. The number of benzene rings is 1. The molecule has 1 heterocycles. The summed E-state index contributed by atoms with van der Waals surface area (Å²) in [4.78, 5) is 13.1. The van der Waals surface area contributed by atoms with E-state index in [1.165, 1.54) is 0 Å². The van der Waals surface area contributed by atoms with Gasteiger partial charge in [-0.1, -0.05) is 17.7 Å². The number of ketones is 1. The summed E-state index contributed by atoms with van der Waals surface area (Å²) in [6, 6.07) is 9.32. The fourth-order valence-electron chi connectivity index (χ4n) is 1.38. The van der Waals surface area contributed by atoms with E-state index in [0.29, 0.717) is 17.0 Å². The zero-order valence-electron chi connectivity index (χ0n) is 8.54. The van der Waals surface area contributed by atoms with E-state index in [-0.39, 0.29) is 5.78 Å². The Labute approximate surface area is 130 Å². The van der Waals surface area contributed by atoms with Gasteiger partial charge in [0, 0.05) is 20.4 Å². The van der Waals surface area contributed by atoms with Crippen molar-refractivity contribution in [2.75, 3.05) is 0 Å². The van der Waals surface area contributed by atoms with Crippen molar-refractivity contribution in [3.8, 4) is 0 Å². The number of thiophene rings is 1. The molecule has 0 amide bonds. The Morgan fingerprint density at radius 2 is 2.12 bits per heavy atom. The van der Waals surface area contributed by atoms with Gasteiger partial charge in [-0.15, -0.1) is 11.3 Å². The molecule has 1 nitrogen and oxygen atoms in total. The van der Waals surface area contributed by atoms with Crippen LogP contribution >= 0.6 is 61.5 Å². The maximum atomic E-state index is 12.0. The van der Waals surface area contributed by atoms with E-state index in [9.17, 15) is 4.79 Å². The molecule has 0 fully saturated rings. The third-order valence-electron chi connectivity index (χ3n) is 2.21. The number of carbonyl (C=O) groups excluding carboxylic acids is 1. The summed E-state index contributed by atoms with van der Waals surface area (Å²) in [5.74, 6) is 0.0950. The average Bonchev–Trinajstić information content (AvgIpc) is 2.68. The number of rotatable bonds is 3. The Morgan fingerprint density at radius 1 is 1.35 bits per heavy atom. The van der Waals surface area contributed by atoms with Gasteiger partial charge >= 0.3 is 0 Å². The molecular weight excluding hydrogens is 434 g/mol. The van der Waals surface area contributed by atoms with E-state index >= 15 is 0 Å². The molecule has 0 atom stereocenters. The van der Waals surface area contributed by atoms with E-state index in [2.05, 4.69) is 38.5 Å². The van der Waals surface area contributed by atoms with Gasteiger partial charge in [0.15, 0.2) is 5.78 Å². The fraction of sp³-hybridized carbons (Fsp3) is 0.0833. The van der Waals surface area contributed by atoms with Crippen LogP contribution in [0.4, 0.5) is 0 Å². The SMILES string of the molecule is O=C(Cc1ccc(Br)s1)c1ccc(I)c(Cl)c1. The maximum absolute atomic E-state index is 12.0. The Kier molecular flexibility index (Phi) is 4.63. The minimum atomic E-state index is 0.0950. The monoisotopic (exact) mass is 440 g/mol. The predicted octanol–water partition coefficient (Wildman–Crippen LogP) is 5.19. The summed E-state index contributed by atoms with van der Waals surface area (Å²) in [6.45, 7) is 0. The van der Waals surface area contributed by atoms with Crippen LogP contribution in [-0.4, -0.2) is 5.78 Å². The molecule has 1 aromatic carbocycles. The highest BCUT2D eigenvalue weighted by Crippen LogP contribution is 2.24.